The Bertz CT molecular complexity index is 308. The smallest absolute Gasteiger partial charge is 0.215 e. The molecule has 0 amide bonds. The molecule has 0 saturated heterocycles. The summed E-state index contributed by atoms with van der Waals surface area (Å²) in [6.07, 6.45) is 5.39. The molecule has 1 fully saturated rings. The quantitative estimate of drug-likeness (QED) is 0.769. The van der Waals surface area contributed by atoms with Crippen LogP contribution in [0.2, 0.25) is 0 Å². The molecule has 1 aliphatic carbocycles. The molecule has 0 spiro atoms. The fourth-order valence-electron chi connectivity index (χ4n) is 2.28. The number of nitrogens with one attached hydrogen (secondary N) is 2. The Morgan fingerprint density at radius 3 is 2.31 bits per heavy atom. The summed E-state index contributed by atoms with van der Waals surface area (Å²) in [6.45, 7) is 4.26. The van der Waals surface area contributed by atoms with Gasteiger partial charge in [-0.25, -0.2) is 13.1 Å². The molecule has 0 bridgehead atoms. The Hall–Kier alpha value is -0.130. The Morgan fingerprint density at radius 2 is 1.81 bits per heavy atom. The minimum Gasteiger partial charge on any atom is -0.318 e. The van der Waals surface area contributed by atoms with E-state index in [1.165, 1.54) is 6.42 Å². The third kappa shape index (κ3) is 3.71. The van der Waals surface area contributed by atoms with Crippen molar-refractivity contribution in [3.63, 3.8) is 0 Å². The van der Waals surface area contributed by atoms with Gasteiger partial charge in [-0.2, -0.15) is 0 Å². The Labute approximate surface area is 99.2 Å². The van der Waals surface area contributed by atoms with E-state index in [9.17, 15) is 8.42 Å². The molecule has 1 saturated carbocycles. The highest BCUT2D eigenvalue weighted by Crippen LogP contribution is 2.28. The first-order valence-corrected chi connectivity index (χ1v) is 7.62. The summed E-state index contributed by atoms with van der Waals surface area (Å²) in [5.74, 6) is 0. The predicted molar refractivity (Wildman–Crippen MR) is 66.9 cm³/mol. The van der Waals surface area contributed by atoms with Crippen molar-refractivity contribution < 1.29 is 8.42 Å². The lowest BCUT2D eigenvalue weighted by Crippen LogP contribution is -2.51. The number of hydrogen-bond acceptors (Lipinski definition) is 3. The van der Waals surface area contributed by atoms with E-state index in [2.05, 4.69) is 10.0 Å². The summed E-state index contributed by atoms with van der Waals surface area (Å²) in [7, 11) is -1.42. The molecule has 1 atom stereocenters. The number of hydrogen-bond donors (Lipinski definition) is 2. The summed E-state index contributed by atoms with van der Waals surface area (Å²) in [5, 5.41) is 2.53. The zero-order valence-corrected chi connectivity index (χ0v) is 11.4. The Morgan fingerprint density at radius 1 is 1.25 bits per heavy atom. The van der Waals surface area contributed by atoms with Crippen LogP contribution in [0, 0.1) is 0 Å². The Balaban J connectivity index is 2.63. The average Bonchev–Trinajstić information content (AvgIpc) is 2.17. The van der Waals surface area contributed by atoms with Gasteiger partial charge in [0.2, 0.25) is 10.0 Å². The van der Waals surface area contributed by atoms with Crippen LogP contribution in [0.15, 0.2) is 0 Å². The van der Waals surface area contributed by atoms with Gasteiger partial charge in [0, 0.05) is 12.1 Å². The fourth-order valence-corrected chi connectivity index (χ4v) is 3.75. The highest BCUT2D eigenvalue weighted by Gasteiger charge is 2.33. The van der Waals surface area contributed by atoms with Crippen LogP contribution in [0.25, 0.3) is 0 Å². The van der Waals surface area contributed by atoms with Crippen molar-refractivity contribution >= 4 is 10.0 Å². The number of sulfonamides is 1. The van der Waals surface area contributed by atoms with Crippen molar-refractivity contribution in [2.75, 3.05) is 13.6 Å². The molecule has 5 heteroatoms. The first-order valence-electron chi connectivity index (χ1n) is 6.07. The van der Waals surface area contributed by atoms with E-state index in [1.807, 2.05) is 6.92 Å². The van der Waals surface area contributed by atoms with E-state index in [4.69, 9.17) is 0 Å². The van der Waals surface area contributed by atoms with Gasteiger partial charge in [-0.3, -0.25) is 0 Å². The van der Waals surface area contributed by atoms with Crippen molar-refractivity contribution in [1.29, 1.82) is 0 Å². The second kappa shape index (κ2) is 5.47. The molecule has 0 radical (unpaired) electrons. The molecule has 0 aliphatic heterocycles. The van der Waals surface area contributed by atoms with Gasteiger partial charge in [0.15, 0.2) is 0 Å². The zero-order valence-electron chi connectivity index (χ0n) is 10.5. The van der Waals surface area contributed by atoms with Crippen molar-refractivity contribution in [2.45, 2.75) is 56.7 Å². The molecule has 1 rings (SSSR count). The van der Waals surface area contributed by atoms with Gasteiger partial charge in [0.1, 0.15) is 0 Å². The zero-order chi connectivity index (χ0) is 12.2. The predicted octanol–water partition coefficient (Wildman–Crippen LogP) is 1.24. The largest absolute Gasteiger partial charge is 0.318 e. The van der Waals surface area contributed by atoms with Crippen LogP contribution in [0.3, 0.4) is 0 Å². The van der Waals surface area contributed by atoms with E-state index >= 15 is 0 Å². The van der Waals surface area contributed by atoms with E-state index in [0.717, 1.165) is 25.7 Å². The molecular weight excluding hydrogens is 224 g/mol. The summed E-state index contributed by atoms with van der Waals surface area (Å²) >= 11 is 0. The second-order valence-corrected chi connectivity index (χ2v) is 7.24. The SMILES string of the molecule is CNCC(C)S(=O)(=O)NC1(C)CCCCC1. The normalized spacial score (nSPS) is 22.9. The van der Waals surface area contributed by atoms with Gasteiger partial charge in [-0.1, -0.05) is 19.3 Å². The fraction of sp³-hybridized carbons (Fsp3) is 1.00. The lowest BCUT2D eigenvalue weighted by atomic mass is 9.84. The maximum atomic E-state index is 12.0. The molecule has 0 heterocycles. The topological polar surface area (TPSA) is 58.2 Å². The molecule has 0 aromatic carbocycles. The second-order valence-electron chi connectivity index (χ2n) is 5.14. The van der Waals surface area contributed by atoms with Crippen LogP contribution in [-0.2, 0) is 10.0 Å². The third-order valence-corrected chi connectivity index (χ3v) is 5.37. The van der Waals surface area contributed by atoms with E-state index in [-0.39, 0.29) is 10.8 Å². The van der Waals surface area contributed by atoms with E-state index in [0.29, 0.717) is 6.54 Å². The summed E-state index contributed by atoms with van der Waals surface area (Å²) in [6, 6.07) is 0. The molecule has 0 aromatic rings. The molecule has 16 heavy (non-hydrogen) atoms. The van der Waals surface area contributed by atoms with Crippen LogP contribution in [0.1, 0.15) is 46.0 Å². The van der Waals surface area contributed by atoms with Crippen molar-refractivity contribution in [3.8, 4) is 0 Å². The van der Waals surface area contributed by atoms with Crippen molar-refractivity contribution in [3.05, 3.63) is 0 Å². The summed E-state index contributed by atoms with van der Waals surface area (Å²) < 4.78 is 27.0. The lowest BCUT2D eigenvalue weighted by Gasteiger charge is -2.35. The third-order valence-electron chi connectivity index (χ3n) is 3.37. The van der Waals surface area contributed by atoms with Gasteiger partial charge < -0.3 is 5.32 Å². The van der Waals surface area contributed by atoms with Gasteiger partial charge in [-0.15, -0.1) is 0 Å². The summed E-state index contributed by atoms with van der Waals surface area (Å²) in [5.41, 5.74) is -0.223. The average molecular weight is 248 g/mol. The molecule has 1 unspecified atom stereocenters. The van der Waals surface area contributed by atoms with Gasteiger partial charge in [-0.05, 0) is 33.7 Å². The van der Waals surface area contributed by atoms with Crippen molar-refractivity contribution in [1.82, 2.24) is 10.0 Å². The maximum absolute atomic E-state index is 12.0. The molecule has 0 aromatic heterocycles. The minimum absolute atomic E-state index is 0.223. The van der Waals surface area contributed by atoms with Crippen LogP contribution in [0.5, 0.6) is 0 Å². The number of rotatable bonds is 5. The summed E-state index contributed by atoms with van der Waals surface area (Å²) in [4.78, 5) is 0. The molecule has 4 nitrogen and oxygen atoms in total. The van der Waals surface area contributed by atoms with Gasteiger partial charge >= 0.3 is 0 Å². The van der Waals surface area contributed by atoms with E-state index in [1.54, 1.807) is 14.0 Å². The van der Waals surface area contributed by atoms with Gasteiger partial charge in [0.25, 0.3) is 0 Å². The molecule has 1 aliphatic rings. The molecule has 96 valence electrons. The molecule has 2 N–H and O–H groups in total. The van der Waals surface area contributed by atoms with Crippen LogP contribution in [0.4, 0.5) is 0 Å². The Kier molecular flexibility index (Phi) is 4.76. The van der Waals surface area contributed by atoms with E-state index < -0.39 is 10.0 Å². The minimum atomic E-state index is -3.19. The van der Waals surface area contributed by atoms with Crippen LogP contribution < -0.4 is 10.0 Å². The standard InChI is InChI=1S/C11H24N2O2S/c1-10(9-12-3)16(14,15)13-11(2)7-5-4-6-8-11/h10,12-13H,4-9H2,1-3H3. The van der Waals surface area contributed by atoms with Crippen LogP contribution >= 0.6 is 0 Å². The van der Waals surface area contributed by atoms with Gasteiger partial charge in [0.05, 0.1) is 5.25 Å². The first-order chi connectivity index (χ1) is 7.40. The van der Waals surface area contributed by atoms with Crippen molar-refractivity contribution in [2.24, 2.45) is 0 Å². The first kappa shape index (κ1) is 13.9. The molecular formula is C11H24N2O2S. The maximum Gasteiger partial charge on any atom is 0.215 e. The van der Waals surface area contributed by atoms with Crippen LogP contribution in [-0.4, -0.2) is 32.8 Å². The lowest BCUT2D eigenvalue weighted by molar-refractivity contribution is 0.293. The highest BCUT2D eigenvalue weighted by atomic mass is 32.2. The highest BCUT2D eigenvalue weighted by molar-refractivity contribution is 7.90. The monoisotopic (exact) mass is 248 g/mol.